The third kappa shape index (κ3) is 3.10. The number of furan rings is 1. The summed E-state index contributed by atoms with van der Waals surface area (Å²) in [6.45, 7) is 7.48. The molecule has 9 heteroatoms. The fourth-order valence-electron chi connectivity index (χ4n) is 2.91. The lowest BCUT2D eigenvalue weighted by Crippen LogP contribution is -2.13. The molecule has 0 bridgehead atoms. The lowest BCUT2D eigenvalue weighted by Gasteiger charge is -2.06. The predicted molar refractivity (Wildman–Crippen MR) is 101 cm³/mol. The number of hydrogen-bond donors (Lipinski definition) is 1. The van der Waals surface area contributed by atoms with Crippen LogP contribution >= 0.6 is 11.3 Å². The van der Waals surface area contributed by atoms with Crippen LogP contribution in [0.15, 0.2) is 21.1 Å². The first kappa shape index (κ1) is 17.3. The molecule has 0 saturated heterocycles. The molecule has 1 N–H and O–H groups in total. The molecular formula is C18H17N5O3S. The minimum absolute atomic E-state index is 0.305. The Hall–Kier alpha value is -3.07. The largest absolute Gasteiger partial charge is 0.466 e. The van der Waals surface area contributed by atoms with E-state index in [1.54, 1.807) is 13.0 Å². The van der Waals surface area contributed by atoms with Gasteiger partial charge in [-0.3, -0.25) is 10.1 Å². The molecule has 0 atom stereocenters. The second kappa shape index (κ2) is 6.58. The van der Waals surface area contributed by atoms with Gasteiger partial charge in [-0.25, -0.2) is 4.98 Å². The molecule has 0 unspecified atom stereocenters. The zero-order valence-electron chi connectivity index (χ0n) is 15.3. The van der Waals surface area contributed by atoms with Gasteiger partial charge in [-0.05, 0) is 39.3 Å². The Morgan fingerprint density at radius 1 is 1.22 bits per heavy atom. The standard InChI is InChI=1S/C18H17N5O3S/c1-5-14-21-22-18(27-14)20-16(24)12-7-13(11-6-8(2)25-10(11)4)19-17-15(12)9(3)23-26-17/h6-7H,5H2,1-4H3,(H,20,22,24). The fraction of sp³-hybridized carbons (Fsp3) is 0.278. The van der Waals surface area contributed by atoms with Crippen LogP contribution in [-0.2, 0) is 6.42 Å². The lowest BCUT2D eigenvalue weighted by molar-refractivity contribution is 0.102. The Morgan fingerprint density at radius 3 is 2.70 bits per heavy atom. The molecule has 1 amide bonds. The summed E-state index contributed by atoms with van der Waals surface area (Å²) in [5.74, 6) is 1.18. The minimum atomic E-state index is -0.313. The van der Waals surface area contributed by atoms with Crippen molar-refractivity contribution in [2.24, 2.45) is 0 Å². The van der Waals surface area contributed by atoms with Crippen LogP contribution in [0.4, 0.5) is 5.13 Å². The van der Waals surface area contributed by atoms with Gasteiger partial charge in [-0.2, -0.15) is 0 Å². The molecule has 0 aliphatic heterocycles. The van der Waals surface area contributed by atoms with Crippen molar-refractivity contribution < 1.29 is 13.7 Å². The SMILES string of the molecule is CCc1nnc(NC(=O)c2cc(-c3cc(C)oc3C)nc3onc(C)c23)s1. The van der Waals surface area contributed by atoms with Crippen LogP contribution in [-0.4, -0.2) is 26.2 Å². The summed E-state index contributed by atoms with van der Waals surface area (Å²) in [4.78, 5) is 17.5. The molecule has 27 heavy (non-hydrogen) atoms. The number of pyridine rings is 1. The number of anilines is 1. The summed E-state index contributed by atoms with van der Waals surface area (Å²) in [5, 5.41) is 16.7. The fourth-order valence-corrected chi connectivity index (χ4v) is 3.58. The van der Waals surface area contributed by atoms with Crippen molar-refractivity contribution in [2.45, 2.75) is 34.1 Å². The number of amides is 1. The molecule has 8 nitrogen and oxygen atoms in total. The van der Waals surface area contributed by atoms with Gasteiger partial charge < -0.3 is 8.94 Å². The maximum atomic E-state index is 13.0. The zero-order valence-corrected chi connectivity index (χ0v) is 16.1. The summed E-state index contributed by atoms with van der Waals surface area (Å²) >= 11 is 1.35. The quantitative estimate of drug-likeness (QED) is 0.566. The third-order valence-corrected chi connectivity index (χ3v) is 5.15. The highest BCUT2D eigenvalue weighted by molar-refractivity contribution is 7.15. The van der Waals surface area contributed by atoms with Gasteiger partial charge in [-0.1, -0.05) is 23.4 Å². The Kier molecular flexibility index (Phi) is 4.23. The molecule has 4 aromatic heterocycles. The van der Waals surface area contributed by atoms with Gasteiger partial charge in [0.05, 0.1) is 22.3 Å². The van der Waals surface area contributed by atoms with Gasteiger partial charge in [-0.15, -0.1) is 10.2 Å². The molecule has 4 heterocycles. The zero-order chi connectivity index (χ0) is 19.1. The van der Waals surface area contributed by atoms with Crippen molar-refractivity contribution in [1.29, 1.82) is 0 Å². The first-order valence-electron chi connectivity index (χ1n) is 8.44. The molecular weight excluding hydrogens is 366 g/mol. The van der Waals surface area contributed by atoms with Crippen molar-refractivity contribution in [1.82, 2.24) is 20.3 Å². The molecule has 4 rings (SSSR count). The van der Waals surface area contributed by atoms with Crippen molar-refractivity contribution in [2.75, 3.05) is 5.32 Å². The number of carbonyl (C=O) groups is 1. The molecule has 0 aliphatic carbocycles. The molecule has 0 fully saturated rings. The highest BCUT2D eigenvalue weighted by Crippen LogP contribution is 2.31. The van der Waals surface area contributed by atoms with Crippen molar-refractivity contribution in [3.63, 3.8) is 0 Å². The first-order chi connectivity index (χ1) is 13.0. The second-order valence-electron chi connectivity index (χ2n) is 6.14. The highest BCUT2D eigenvalue weighted by Gasteiger charge is 2.21. The van der Waals surface area contributed by atoms with Crippen LogP contribution in [0.25, 0.3) is 22.4 Å². The van der Waals surface area contributed by atoms with E-state index in [1.165, 1.54) is 11.3 Å². The number of hydrogen-bond acceptors (Lipinski definition) is 8. The predicted octanol–water partition coefficient (Wildman–Crippen LogP) is 4.07. The molecule has 0 saturated carbocycles. The van der Waals surface area contributed by atoms with Gasteiger partial charge in [0.2, 0.25) is 5.13 Å². The van der Waals surface area contributed by atoms with E-state index in [2.05, 4.69) is 25.7 Å². The average molecular weight is 383 g/mol. The summed E-state index contributed by atoms with van der Waals surface area (Å²) in [6, 6.07) is 3.60. The van der Waals surface area contributed by atoms with E-state index in [9.17, 15) is 4.79 Å². The Morgan fingerprint density at radius 2 is 2.04 bits per heavy atom. The third-order valence-electron chi connectivity index (χ3n) is 4.17. The van der Waals surface area contributed by atoms with E-state index in [4.69, 9.17) is 8.94 Å². The summed E-state index contributed by atoms with van der Waals surface area (Å²) in [6.07, 6.45) is 0.765. The Balaban J connectivity index is 1.81. The van der Waals surface area contributed by atoms with E-state index in [0.717, 1.165) is 28.5 Å². The Labute approximate surface area is 158 Å². The van der Waals surface area contributed by atoms with Crippen LogP contribution < -0.4 is 5.32 Å². The maximum Gasteiger partial charge on any atom is 0.259 e. The van der Waals surface area contributed by atoms with Crippen LogP contribution in [0.5, 0.6) is 0 Å². The highest BCUT2D eigenvalue weighted by atomic mass is 32.1. The smallest absolute Gasteiger partial charge is 0.259 e. The van der Waals surface area contributed by atoms with E-state index in [-0.39, 0.29) is 5.91 Å². The van der Waals surface area contributed by atoms with Gasteiger partial charge in [0.15, 0.2) is 0 Å². The molecule has 0 aliphatic rings. The van der Waals surface area contributed by atoms with E-state index in [0.29, 0.717) is 33.2 Å². The second-order valence-corrected chi connectivity index (χ2v) is 7.20. The first-order valence-corrected chi connectivity index (χ1v) is 9.26. The van der Waals surface area contributed by atoms with Crippen molar-refractivity contribution in [3.8, 4) is 11.3 Å². The summed E-state index contributed by atoms with van der Waals surface area (Å²) in [5.41, 5.74) is 2.72. The number of rotatable bonds is 4. The summed E-state index contributed by atoms with van der Waals surface area (Å²) in [7, 11) is 0. The number of nitrogens with one attached hydrogen (secondary N) is 1. The maximum absolute atomic E-state index is 13.0. The molecule has 0 radical (unpaired) electrons. The lowest BCUT2D eigenvalue weighted by atomic mass is 10.1. The van der Waals surface area contributed by atoms with Crippen LogP contribution in [0, 0.1) is 20.8 Å². The molecule has 138 valence electrons. The summed E-state index contributed by atoms with van der Waals surface area (Å²) < 4.78 is 10.9. The van der Waals surface area contributed by atoms with Gasteiger partial charge >= 0.3 is 0 Å². The average Bonchev–Trinajstić information content (AvgIpc) is 3.33. The molecule has 0 spiro atoms. The minimum Gasteiger partial charge on any atom is -0.466 e. The normalized spacial score (nSPS) is 11.3. The monoisotopic (exact) mass is 383 g/mol. The number of fused-ring (bicyclic) bond motifs is 1. The van der Waals surface area contributed by atoms with Crippen LogP contribution in [0.3, 0.4) is 0 Å². The molecule has 4 aromatic rings. The van der Waals surface area contributed by atoms with Crippen LogP contribution in [0.1, 0.15) is 39.5 Å². The van der Waals surface area contributed by atoms with Crippen LogP contribution in [0.2, 0.25) is 0 Å². The van der Waals surface area contributed by atoms with Crippen molar-refractivity contribution in [3.05, 3.63) is 39.9 Å². The number of aryl methyl sites for hydroxylation is 4. The van der Waals surface area contributed by atoms with E-state index >= 15 is 0 Å². The van der Waals surface area contributed by atoms with E-state index < -0.39 is 0 Å². The molecule has 0 aromatic carbocycles. The van der Waals surface area contributed by atoms with Crippen molar-refractivity contribution >= 4 is 33.5 Å². The Bertz CT molecular complexity index is 1160. The topological polar surface area (TPSA) is 107 Å². The number of nitrogens with zero attached hydrogens (tertiary/aromatic N) is 4. The number of carbonyl (C=O) groups excluding carboxylic acids is 1. The van der Waals surface area contributed by atoms with Gasteiger partial charge in [0.25, 0.3) is 11.6 Å². The van der Waals surface area contributed by atoms with E-state index in [1.807, 2.05) is 26.8 Å². The van der Waals surface area contributed by atoms with Gasteiger partial charge in [0.1, 0.15) is 16.5 Å². The van der Waals surface area contributed by atoms with Gasteiger partial charge in [0, 0.05) is 5.56 Å². The number of aromatic nitrogens is 4.